The third-order valence-corrected chi connectivity index (χ3v) is 3.70. The van der Waals surface area contributed by atoms with Crippen LogP contribution in [0.4, 0.5) is 0 Å². The summed E-state index contributed by atoms with van der Waals surface area (Å²) in [7, 11) is 0. The molecular formula is C16H23N3O3. The Labute approximate surface area is 130 Å². The summed E-state index contributed by atoms with van der Waals surface area (Å²) in [5, 5.41) is 2.73. The minimum atomic E-state index is -0.548. The van der Waals surface area contributed by atoms with Gasteiger partial charge in [0.25, 0.3) is 0 Å². The zero-order chi connectivity index (χ0) is 15.9. The SMILES string of the molecule is CC(NC(=O)CC(N)c1ccccc1)C(=O)N1CCOCC1. The fourth-order valence-corrected chi connectivity index (χ4v) is 2.44. The van der Waals surface area contributed by atoms with Crippen LogP contribution in [0.15, 0.2) is 30.3 Å². The van der Waals surface area contributed by atoms with Gasteiger partial charge in [-0.1, -0.05) is 30.3 Å². The molecule has 0 spiro atoms. The third-order valence-electron chi connectivity index (χ3n) is 3.70. The van der Waals surface area contributed by atoms with E-state index < -0.39 is 6.04 Å². The van der Waals surface area contributed by atoms with E-state index in [4.69, 9.17) is 10.5 Å². The number of amides is 2. The highest BCUT2D eigenvalue weighted by molar-refractivity contribution is 5.87. The van der Waals surface area contributed by atoms with Crippen molar-refractivity contribution in [2.24, 2.45) is 5.73 Å². The van der Waals surface area contributed by atoms with Crippen molar-refractivity contribution in [2.75, 3.05) is 26.3 Å². The van der Waals surface area contributed by atoms with Crippen molar-refractivity contribution >= 4 is 11.8 Å². The summed E-state index contributed by atoms with van der Waals surface area (Å²) < 4.78 is 5.21. The average molecular weight is 305 g/mol. The van der Waals surface area contributed by atoms with Gasteiger partial charge in [0, 0.05) is 25.6 Å². The van der Waals surface area contributed by atoms with E-state index in [1.165, 1.54) is 0 Å². The molecule has 2 unspecified atom stereocenters. The van der Waals surface area contributed by atoms with E-state index in [1.54, 1.807) is 11.8 Å². The number of hydrogen-bond acceptors (Lipinski definition) is 4. The molecular weight excluding hydrogens is 282 g/mol. The second kappa shape index (κ2) is 7.91. The van der Waals surface area contributed by atoms with E-state index in [1.807, 2.05) is 30.3 Å². The molecule has 1 saturated heterocycles. The van der Waals surface area contributed by atoms with E-state index >= 15 is 0 Å². The third kappa shape index (κ3) is 4.54. The number of ether oxygens (including phenoxy) is 1. The predicted molar refractivity (Wildman–Crippen MR) is 83.0 cm³/mol. The molecule has 2 rings (SSSR count). The van der Waals surface area contributed by atoms with Crippen LogP contribution >= 0.6 is 0 Å². The molecule has 1 aromatic carbocycles. The van der Waals surface area contributed by atoms with Gasteiger partial charge in [0.1, 0.15) is 6.04 Å². The Bertz CT molecular complexity index is 501. The van der Waals surface area contributed by atoms with Gasteiger partial charge in [-0.25, -0.2) is 0 Å². The zero-order valence-corrected chi connectivity index (χ0v) is 12.8. The van der Waals surface area contributed by atoms with Gasteiger partial charge in [-0.3, -0.25) is 9.59 Å². The molecule has 120 valence electrons. The summed E-state index contributed by atoms with van der Waals surface area (Å²) in [6.45, 7) is 3.94. The molecule has 1 fully saturated rings. The minimum absolute atomic E-state index is 0.0788. The van der Waals surface area contributed by atoms with Crippen molar-refractivity contribution in [3.63, 3.8) is 0 Å². The Hall–Kier alpha value is -1.92. The van der Waals surface area contributed by atoms with Crippen LogP contribution < -0.4 is 11.1 Å². The Morgan fingerprint density at radius 1 is 1.27 bits per heavy atom. The highest BCUT2D eigenvalue weighted by atomic mass is 16.5. The highest BCUT2D eigenvalue weighted by Gasteiger charge is 2.24. The van der Waals surface area contributed by atoms with Crippen molar-refractivity contribution in [1.29, 1.82) is 0 Å². The predicted octanol–water partition coefficient (Wildman–Crippen LogP) is 0.440. The van der Waals surface area contributed by atoms with Crippen LogP contribution in [0.3, 0.4) is 0 Å². The van der Waals surface area contributed by atoms with E-state index in [0.717, 1.165) is 5.56 Å². The van der Waals surface area contributed by atoms with Gasteiger partial charge in [-0.15, -0.1) is 0 Å². The molecule has 2 atom stereocenters. The smallest absolute Gasteiger partial charge is 0.245 e. The molecule has 0 aliphatic carbocycles. The van der Waals surface area contributed by atoms with Gasteiger partial charge in [-0.2, -0.15) is 0 Å². The van der Waals surface area contributed by atoms with Crippen LogP contribution in [-0.4, -0.2) is 49.1 Å². The molecule has 0 aromatic heterocycles. The first kappa shape index (κ1) is 16.5. The van der Waals surface area contributed by atoms with E-state index in [0.29, 0.717) is 26.3 Å². The molecule has 6 heteroatoms. The van der Waals surface area contributed by atoms with Crippen LogP contribution in [0.5, 0.6) is 0 Å². The fourth-order valence-electron chi connectivity index (χ4n) is 2.44. The number of rotatable bonds is 5. The maximum atomic E-state index is 12.2. The summed E-state index contributed by atoms with van der Waals surface area (Å²) in [5.41, 5.74) is 6.93. The lowest BCUT2D eigenvalue weighted by Gasteiger charge is -2.29. The molecule has 0 bridgehead atoms. The van der Waals surface area contributed by atoms with Crippen LogP contribution in [0, 0.1) is 0 Å². The Balaban J connectivity index is 1.82. The zero-order valence-electron chi connectivity index (χ0n) is 12.8. The monoisotopic (exact) mass is 305 g/mol. The Kier molecular flexibility index (Phi) is 5.91. The lowest BCUT2D eigenvalue weighted by atomic mass is 10.0. The quantitative estimate of drug-likeness (QED) is 0.827. The van der Waals surface area contributed by atoms with E-state index in [2.05, 4.69) is 5.32 Å². The lowest BCUT2D eigenvalue weighted by Crippen LogP contribution is -2.50. The van der Waals surface area contributed by atoms with Crippen molar-refractivity contribution in [3.05, 3.63) is 35.9 Å². The molecule has 1 aromatic rings. The summed E-state index contributed by atoms with van der Waals surface area (Å²) in [6.07, 6.45) is 0.157. The molecule has 0 saturated carbocycles. The normalized spacial score (nSPS) is 17.6. The van der Waals surface area contributed by atoms with Gasteiger partial charge >= 0.3 is 0 Å². The van der Waals surface area contributed by atoms with E-state index in [9.17, 15) is 9.59 Å². The lowest BCUT2D eigenvalue weighted by molar-refractivity contribution is -0.139. The van der Waals surface area contributed by atoms with Gasteiger partial charge < -0.3 is 20.7 Å². The molecule has 1 heterocycles. The number of carbonyl (C=O) groups excluding carboxylic acids is 2. The molecule has 22 heavy (non-hydrogen) atoms. The summed E-state index contributed by atoms with van der Waals surface area (Å²) >= 11 is 0. The molecule has 2 amide bonds. The maximum Gasteiger partial charge on any atom is 0.245 e. The molecule has 0 radical (unpaired) electrons. The van der Waals surface area contributed by atoms with Crippen LogP contribution in [-0.2, 0) is 14.3 Å². The van der Waals surface area contributed by atoms with Crippen molar-refractivity contribution < 1.29 is 14.3 Å². The van der Waals surface area contributed by atoms with Crippen molar-refractivity contribution in [2.45, 2.75) is 25.4 Å². The molecule has 1 aliphatic rings. The standard InChI is InChI=1S/C16H23N3O3/c1-12(16(21)19-7-9-22-10-8-19)18-15(20)11-14(17)13-5-3-2-4-6-13/h2-6,12,14H,7-11,17H2,1H3,(H,18,20). The molecule has 6 nitrogen and oxygen atoms in total. The van der Waals surface area contributed by atoms with Crippen LogP contribution in [0.25, 0.3) is 0 Å². The Morgan fingerprint density at radius 3 is 2.55 bits per heavy atom. The van der Waals surface area contributed by atoms with Crippen LogP contribution in [0.2, 0.25) is 0 Å². The average Bonchev–Trinajstić information content (AvgIpc) is 2.55. The largest absolute Gasteiger partial charge is 0.378 e. The first-order valence-electron chi connectivity index (χ1n) is 7.54. The first-order chi connectivity index (χ1) is 10.6. The molecule has 3 N–H and O–H groups in total. The number of nitrogens with two attached hydrogens (primary N) is 1. The number of benzene rings is 1. The topological polar surface area (TPSA) is 84.7 Å². The molecule has 1 aliphatic heterocycles. The van der Waals surface area contributed by atoms with Crippen molar-refractivity contribution in [3.8, 4) is 0 Å². The van der Waals surface area contributed by atoms with Gasteiger partial charge in [0.05, 0.1) is 13.2 Å². The highest BCUT2D eigenvalue weighted by Crippen LogP contribution is 2.13. The number of hydrogen-bond donors (Lipinski definition) is 2. The maximum absolute atomic E-state index is 12.2. The van der Waals surface area contributed by atoms with Gasteiger partial charge in [0.15, 0.2) is 0 Å². The number of nitrogens with one attached hydrogen (secondary N) is 1. The fraction of sp³-hybridized carbons (Fsp3) is 0.500. The number of carbonyl (C=O) groups is 2. The summed E-state index contributed by atoms with van der Waals surface area (Å²) in [5.74, 6) is -0.296. The van der Waals surface area contributed by atoms with E-state index in [-0.39, 0.29) is 24.3 Å². The first-order valence-corrected chi connectivity index (χ1v) is 7.54. The summed E-state index contributed by atoms with van der Waals surface area (Å²) in [4.78, 5) is 26.0. The summed E-state index contributed by atoms with van der Waals surface area (Å²) in [6, 6.07) is 8.54. The van der Waals surface area contributed by atoms with Gasteiger partial charge in [0.2, 0.25) is 11.8 Å². The number of morpholine rings is 1. The second-order valence-corrected chi connectivity index (χ2v) is 5.45. The number of nitrogens with zero attached hydrogens (tertiary/aromatic N) is 1. The Morgan fingerprint density at radius 2 is 1.91 bits per heavy atom. The second-order valence-electron chi connectivity index (χ2n) is 5.45. The van der Waals surface area contributed by atoms with Gasteiger partial charge in [-0.05, 0) is 12.5 Å². The van der Waals surface area contributed by atoms with Crippen molar-refractivity contribution in [1.82, 2.24) is 10.2 Å². The minimum Gasteiger partial charge on any atom is -0.378 e. The van der Waals surface area contributed by atoms with Crippen LogP contribution in [0.1, 0.15) is 24.9 Å².